The summed E-state index contributed by atoms with van der Waals surface area (Å²) in [5.74, 6) is 0.0194. The van der Waals surface area contributed by atoms with Crippen LogP contribution in [-0.2, 0) is 11.3 Å². The van der Waals surface area contributed by atoms with E-state index >= 15 is 0 Å². The summed E-state index contributed by atoms with van der Waals surface area (Å²) in [4.78, 5) is 19.6. The van der Waals surface area contributed by atoms with Gasteiger partial charge in [0.2, 0.25) is 0 Å². The van der Waals surface area contributed by atoms with Crippen molar-refractivity contribution in [3.8, 4) is 0 Å². The number of aromatic nitrogens is 1. The molecule has 4 nitrogen and oxygen atoms in total. The van der Waals surface area contributed by atoms with E-state index < -0.39 is 0 Å². The van der Waals surface area contributed by atoms with Gasteiger partial charge in [-0.3, -0.25) is 9.78 Å². The van der Waals surface area contributed by atoms with Gasteiger partial charge in [0.05, 0.1) is 17.2 Å². The van der Waals surface area contributed by atoms with Crippen LogP contribution in [0.3, 0.4) is 0 Å². The minimum atomic E-state index is 0.0194. The van der Waals surface area contributed by atoms with E-state index in [4.69, 9.17) is 4.74 Å². The molecule has 5 heteroatoms. The first kappa shape index (κ1) is 16.2. The summed E-state index contributed by atoms with van der Waals surface area (Å²) in [6.45, 7) is 2.02. The van der Waals surface area contributed by atoms with Gasteiger partial charge in [-0.15, -0.1) is 0 Å². The SMILES string of the molecule is O=C(c1cccc2cccnc12)N(Cc1ccsc1)C[C@@H]1CCCO1. The smallest absolute Gasteiger partial charge is 0.256 e. The van der Waals surface area contributed by atoms with Gasteiger partial charge in [0.25, 0.3) is 5.91 Å². The Morgan fingerprint density at radius 3 is 3.00 bits per heavy atom. The molecule has 1 atom stereocenters. The number of nitrogens with zero attached hydrogens (tertiary/aromatic N) is 2. The fraction of sp³-hybridized carbons (Fsp3) is 0.300. The Balaban J connectivity index is 1.65. The average molecular weight is 352 g/mol. The molecule has 2 aromatic heterocycles. The Kier molecular flexibility index (Phi) is 4.76. The molecule has 0 bridgehead atoms. The third-order valence-corrected chi connectivity index (χ3v) is 5.28. The number of carbonyl (C=O) groups is 1. The number of carbonyl (C=O) groups excluding carboxylic acids is 1. The molecule has 128 valence electrons. The van der Waals surface area contributed by atoms with Gasteiger partial charge in [0, 0.05) is 31.3 Å². The van der Waals surface area contributed by atoms with Crippen LogP contribution >= 0.6 is 11.3 Å². The monoisotopic (exact) mass is 352 g/mol. The van der Waals surface area contributed by atoms with Crippen molar-refractivity contribution in [3.05, 3.63) is 64.5 Å². The van der Waals surface area contributed by atoms with Gasteiger partial charge in [-0.05, 0) is 47.4 Å². The van der Waals surface area contributed by atoms with Crippen LogP contribution in [0, 0.1) is 0 Å². The van der Waals surface area contributed by atoms with Crippen molar-refractivity contribution < 1.29 is 9.53 Å². The highest BCUT2D eigenvalue weighted by Gasteiger charge is 2.25. The maximum absolute atomic E-state index is 13.3. The molecule has 0 aliphatic carbocycles. The fourth-order valence-corrected chi connectivity index (χ4v) is 3.96. The zero-order valence-corrected chi connectivity index (χ0v) is 14.7. The van der Waals surface area contributed by atoms with Gasteiger partial charge in [-0.2, -0.15) is 11.3 Å². The maximum Gasteiger partial charge on any atom is 0.256 e. The summed E-state index contributed by atoms with van der Waals surface area (Å²) in [6, 6.07) is 11.7. The van der Waals surface area contributed by atoms with Crippen LogP contribution in [0.4, 0.5) is 0 Å². The van der Waals surface area contributed by atoms with Crippen molar-refractivity contribution in [2.24, 2.45) is 0 Å². The molecule has 1 aliphatic heterocycles. The van der Waals surface area contributed by atoms with Crippen LogP contribution in [0.5, 0.6) is 0 Å². The summed E-state index contributed by atoms with van der Waals surface area (Å²) in [5.41, 5.74) is 2.58. The molecular weight excluding hydrogens is 332 g/mol. The second-order valence-corrected chi connectivity index (χ2v) is 7.11. The molecule has 0 N–H and O–H groups in total. The van der Waals surface area contributed by atoms with Gasteiger partial charge in [-0.1, -0.05) is 18.2 Å². The van der Waals surface area contributed by atoms with Crippen LogP contribution < -0.4 is 0 Å². The number of rotatable bonds is 5. The van der Waals surface area contributed by atoms with Gasteiger partial charge < -0.3 is 9.64 Å². The predicted molar refractivity (Wildman–Crippen MR) is 99.8 cm³/mol. The lowest BCUT2D eigenvalue weighted by molar-refractivity contribution is 0.0509. The summed E-state index contributed by atoms with van der Waals surface area (Å²) in [5, 5.41) is 5.13. The average Bonchev–Trinajstić information content (AvgIpc) is 3.34. The van der Waals surface area contributed by atoms with E-state index in [0.29, 0.717) is 18.7 Å². The number of benzene rings is 1. The molecule has 0 saturated carbocycles. The lowest BCUT2D eigenvalue weighted by atomic mass is 10.1. The number of fused-ring (bicyclic) bond motifs is 1. The molecule has 0 unspecified atom stereocenters. The van der Waals surface area contributed by atoms with Gasteiger partial charge in [-0.25, -0.2) is 0 Å². The van der Waals surface area contributed by atoms with Crippen molar-refractivity contribution in [2.75, 3.05) is 13.2 Å². The van der Waals surface area contributed by atoms with E-state index in [-0.39, 0.29) is 12.0 Å². The van der Waals surface area contributed by atoms with Crippen LogP contribution in [0.25, 0.3) is 10.9 Å². The van der Waals surface area contributed by atoms with Crippen molar-refractivity contribution in [2.45, 2.75) is 25.5 Å². The molecule has 25 heavy (non-hydrogen) atoms. The van der Waals surface area contributed by atoms with Crippen molar-refractivity contribution in [1.82, 2.24) is 9.88 Å². The Labute approximate surface area is 151 Å². The molecule has 0 spiro atoms. The van der Waals surface area contributed by atoms with E-state index in [1.165, 1.54) is 0 Å². The third kappa shape index (κ3) is 3.57. The van der Waals surface area contributed by atoms with Crippen LogP contribution in [0.1, 0.15) is 28.8 Å². The van der Waals surface area contributed by atoms with E-state index in [9.17, 15) is 4.79 Å². The number of amides is 1. The van der Waals surface area contributed by atoms with Gasteiger partial charge in [0.1, 0.15) is 0 Å². The number of hydrogen-bond acceptors (Lipinski definition) is 4. The van der Waals surface area contributed by atoms with Crippen LogP contribution in [-0.4, -0.2) is 35.0 Å². The van der Waals surface area contributed by atoms with Gasteiger partial charge in [0.15, 0.2) is 0 Å². The molecule has 1 aliphatic rings. The topological polar surface area (TPSA) is 42.4 Å². The standard InChI is InChI=1S/C20H20N2O2S/c23-20(18-7-1-4-16-5-2-9-21-19(16)18)22(12-15-8-11-25-14-15)13-17-6-3-10-24-17/h1-2,4-5,7-9,11,14,17H,3,6,10,12-13H2/t17-/m0/s1. The normalized spacial score (nSPS) is 17.0. The van der Waals surface area contributed by atoms with Crippen molar-refractivity contribution in [1.29, 1.82) is 0 Å². The first-order valence-corrected chi connectivity index (χ1v) is 9.51. The predicted octanol–water partition coefficient (Wildman–Crippen LogP) is 4.12. The Morgan fingerprint density at radius 2 is 2.20 bits per heavy atom. The molecule has 0 radical (unpaired) electrons. The van der Waals surface area contributed by atoms with Gasteiger partial charge >= 0.3 is 0 Å². The first-order chi connectivity index (χ1) is 12.3. The molecule has 1 saturated heterocycles. The Morgan fingerprint density at radius 1 is 1.28 bits per heavy atom. The molecule has 3 heterocycles. The zero-order chi connectivity index (χ0) is 17.1. The lowest BCUT2D eigenvalue weighted by Gasteiger charge is -2.25. The highest BCUT2D eigenvalue weighted by Crippen LogP contribution is 2.22. The largest absolute Gasteiger partial charge is 0.376 e. The molecule has 1 amide bonds. The van der Waals surface area contributed by atoms with E-state index in [1.807, 2.05) is 40.6 Å². The quantitative estimate of drug-likeness (QED) is 0.694. The molecular formula is C20H20N2O2S. The minimum absolute atomic E-state index is 0.0194. The highest BCUT2D eigenvalue weighted by molar-refractivity contribution is 7.07. The van der Waals surface area contributed by atoms with Crippen LogP contribution in [0.2, 0.25) is 0 Å². The Hall–Kier alpha value is -2.24. The first-order valence-electron chi connectivity index (χ1n) is 8.57. The molecule has 1 fully saturated rings. The second kappa shape index (κ2) is 7.33. The Bertz CT molecular complexity index is 852. The van der Waals surface area contributed by atoms with E-state index in [1.54, 1.807) is 17.5 Å². The van der Waals surface area contributed by atoms with Crippen molar-refractivity contribution >= 4 is 28.1 Å². The molecule has 1 aromatic carbocycles. The number of para-hydroxylation sites is 1. The number of pyridine rings is 1. The van der Waals surface area contributed by atoms with Crippen molar-refractivity contribution in [3.63, 3.8) is 0 Å². The van der Waals surface area contributed by atoms with E-state index in [2.05, 4.69) is 16.4 Å². The lowest BCUT2D eigenvalue weighted by Crippen LogP contribution is -2.37. The highest BCUT2D eigenvalue weighted by atomic mass is 32.1. The summed E-state index contributed by atoms with van der Waals surface area (Å²) < 4.78 is 5.77. The fourth-order valence-electron chi connectivity index (χ4n) is 3.30. The number of hydrogen-bond donors (Lipinski definition) is 0. The summed E-state index contributed by atoms with van der Waals surface area (Å²) >= 11 is 1.65. The molecule has 3 aromatic rings. The van der Waals surface area contributed by atoms with E-state index in [0.717, 1.165) is 35.9 Å². The minimum Gasteiger partial charge on any atom is -0.376 e. The second-order valence-electron chi connectivity index (χ2n) is 6.33. The zero-order valence-electron chi connectivity index (χ0n) is 13.9. The molecule has 4 rings (SSSR count). The number of ether oxygens (including phenoxy) is 1. The van der Waals surface area contributed by atoms with Crippen LogP contribution in [0.15, 0.2) is 53.4 Å². The third-order valence-electron chi connectivity index (χ3n) is 4.55. The summed E-state index contributed by atoms with van der Waals surface area (Å²) in [6.07, 6.45) is 3.95. The number of thiophene rings is 1. The maximum atomic E-state index is 13.3. The summed E-state index contributed by atoms with van der Waals surface area (Å²) in [7, 11) is 0.